The number of carbonyl (C=O) groups excluding carboxylic acids is 2. The Balaban J connectivity index is 1.68. The SMILES string of the molecule is O=Cc1ccc(-c2nc3sc(-c4ccc(C=O)cc4)nc3s2)cc1. The van der Waals surface area contributed by atoms with E-state index in [1.165, 1.54) is 22.7 Å². The Kier molecular flexibility index (Phi) is 3.76. The van der Waals surface area contributed by atoms with Crippen LogP contribution in [0.2, 0.25) is 0 Å². The number of hydrogen-bond donors (Lipinski definition) is 0. The van der Waals surface area contributed by atoms with Gasteiger partial charge in [-0.25, -0.2) is 9.97 Å². The third-order valence-electron chi connectivity index (χ3n) is 3.56. The van der Waals surface area contributed by atoms with Gasteiger partial charge in [0.2, 0.25) is 0 Å². The predicted octanol–water partition coefficient (Wildman–Crippen LogP) is 4.71. The van der Waals surface area contributed by atoms with Crippen molar-refractivity contribution < 1.29 is 9.59 Å². The number of thiazole rings is 2. The van der Waals surface area contributed by atoms with Crippen LogP contribution in [0.15, 0.2) is 48.5 Å². The molecule has 24 heavy (non-hydrogen) atoms. The van der Waals surface area contributed by atoms with Crippen LogP contribution in [0.25, 0.3) is 30.8 Å². The summed E-state index contributed by atoms with van der Waals surface area (Å²) in [4.78, 5) is 32.5. The van der Waals surface area contributed by atoms with Crippen molar-refractivity contribution in [3.8, 4) is 21.1 Å². The average molecular weight is 350 g/mol. The summed E-state index contributed by atoms with van der Waals surface area (Å²) in [5.74, 6) is 0. The number of rotatable bonds is 4. The molecule has 0 saturated heterocycles. The van der Waals surface area contributed by atoms with Gasteiger partial charge in [0.15, 0.2) is 9.66 Å². The molecule has 0 spiro atoms. The van der Waals surface area contributed by atoms with Gasteiger partial charge in [0.25, 0.3) is 0 Å². The molecule has 0 fully saturated rings. The molecule has 0 aliphatic carbocycles. The molecule has 0 unspecified atom stereocenters. The highest BCUT2D eigenvalue weighted by atomic mass is 32.1. The molecule has 2 aromatic heterocycles. The van der Waals surface area contributed by atoms with Crippen molar-refractivity contribution in [2.45, 2.75) is 0 Å². The lowest BCUT2D eigenvalue weighted by Crippen LogP contribution is -1.80. The first-order valence-corrected chi connectivity index (χ1v) is 8.79. The molecule has 0 saturated carbocycles. The van der Waals surface area contributed by atoms with Gasteiger partial charge in [-0.2, -0.15) is 0 Å². The Morgan fingerprint density at radius 3 is 1.33 bits per heavy atom. The van der Waals surface area contributed by atoms with Crippen LogP contribution in [0.3, 0.4) is 0 Å². The minimum Gasteiger partial charge on any atom is -0.298 e. The van der Waals surface area contributed by atoms with Gasteiger partial charge in [0.05, 0.1) is 0 Å². The van der Waals surface area contributed by atoms with E-state index in [9.17, 15) is 9.59 Å². The smallest absolute Gasteiger partial charge is 0.155 e. The first-order chi connectivity index (χ1) is 11.8. The highest BCUT2D eigenvalue weighted by Crippen LogP contribution is 2.36. The van der Waals surface area contributed by atoms with E-state index >= 15 is 0 Å². The van der Waals surface area contributed by atoms with Gasteiger partial charge < -0.3 is 0 Å². The summed E-state index contributed by atoms with van der Waals surface area (Å²) in [6.07, 6.45) is 1.65. The maximum absolute atomic E-state index is 10.7. The molecule has 0 amide bonds. The first kappa shape index (κ1) is 14.9. The number of fused-ring (bicyclic) bond motifs is 1. The van der Waals surface area contributed by atoms with E-state index in [0.29, 0.717) is 11.1 Å². The second-order valence-corrected chi connectivity index (χ2v) is 7.08. The van der Waals surface area contributed by atoms with Gasteiger partial charge >= 0.3 is 0 Å². The lowest BCUT2D eigenvalue weighted by molar-refractivity contribution is 0.111. The Morgan fingerprint density at radius 1 is 0.625 bits per heavy atom. The van der Waals surface area contributed by atoms with Crippen LogP contribution in [0, 0.1) is 0 Å². The zero-order chi connectivity index (χ0) is 16.5. The maximum atomic E-state index is 10.7. The van der Waals surface area contributed by atoms with E-state index in [-0.39, 0.29) is 0 Å². The summed E-state index contributed by atoms with van der Waals surface area (Å²) in [7, 11) is 0. The van der Waals surface area contributed by atoms with Crippen molar-refractivity contribution in [2.24, 2.45) is 0 Å². The van der Waals surface area contributed by atoms with Crippen molar-refractivity contribution >= 4 is 44.9 Å². The summed E-state index contributed by atoms with van der Waals surface area (Å²) in [6.45, 7) is 0. The van der Waals surface area contributed by atoms with Crippen molar-refractivity contribution in [1.29, 1.82) is 0 Å². The molecule has 4 rings (SSSR count). The number of carbonyl (C=O) groups is 2. The molecule has 6 heteroatoms. The predicted molar refractivity (Wildman–Crippen MR) is 96.9 cm³/mol. The van der Waals surface area contributed by atoms with Gasteiger partial charge in [-0.15, -0.1) is 0 Å². The third-order valence-corrected chi connectivity index (χ3v) is 5.69. The number of aromatic nitrogens is 2. The molecule has 0 aliphatic heterocycles. The van der Waals surface area contributed by atoms with E-state index in [2.05, 4.69) is 9.97 Å². The number of nitrogens with zero attached hydrogens (tertiary/aromatic N) is 2. The zero-order valence-electron chi connectivity index (χ0n) is 12.3. The standard InChI is InChI=1S/C18H10N2O2S2/c21-9-11-1-5-13(6-2-11)15-19-17-18(23-15)20-16(24-17)14-7-3-12(10-22)4-8-14/h1-10H. The van der Waals surface area contributed by atoms with Gasteiger partial charge in [-0.3, -0.25) is 9.59 Å². The van der Waals surface area contributed by atoms with Crippen LogP contribution in [-0.4, -0.2) is 22.5 Å². The summed E-state index contributed by atoms with van der Waals surface area (Å²) in [5, 5.41) is 1.79. The fourth-order valence-corrected chi connectivity index (χ4v) is 4.35. The fourth-order valence-electron chi connectivity index (χ4n) is 2.30. The van der Waals surface area contributed by atoms with Gasteiger partial charge in [-0.1, -0.05) is 71.2 Å². The first-order valence-electron chi connectivity index (χ1n) is 7.15. The summed E-state index contributed by atoms with van der Waals surface area (Å²) in [6, 6.07) is 14.7. The molecule has 0 N–H and O–H groups in total. The van der Waals surface area contributed by atoms with Crippen molar-refractivity contribution in [3.63, 3.8) is 0 Å². The quantitative estimate of drug-likeness (QED) is 0.500. The molecule has 4 nitrogen and oxygen atoms in total. The number of benzene rings is 2. The minimum absolute atomic E-state index is 0.649. The molecular formula is C18H10N2O2S2. The molecule has 116 valence electrons. The molecular weight excluding hydrogens is 340 g/mol. The average Bonchev–Trinajstić information content (AvgIpc) is 3.21. The summed E-state index contributed by atoms with van der Waals surface area (Å²) in [5.41, 5.74) is 3.26. The highest BCUT2D eigenvalue weighted by molar-refractivity contribution is 7.29. The fraction of sp³-hybridized carbons (Fsp3) is 0. The van der Waals surface area contributed by atoms with Gasteiger partial charge in [0.1, 0.15) is 22.6 Å². The molecule has 0 radical (unpaired) electrons. The summed E-state index contributed by atoms with van der Waals surface area (Å²) < 4.78 is 0. The van der Waals surface area contributed by atoms with Crippen LogP contribution in [0.1, 0.15) is 20.7 Å². The molecule has 0 atom stereocenters. The summed E-state index contributed by atoms with van der Waals surface area (Å²) >= 11 is 3.06. The Labute approximate surface area is 145 Å². The van der Waals surface area contributed by atoms with Crippen molar-refractivity contribution in [3.05, 3.63) is 59.7 Å². The highest BCUT2D eigenvalue weighted by Gasteiger charge is 2.13. The molecule has 0 bridgehead atoms. The van der Waals surface area contributed by atoms with E-state index in [4.69, 9.17) is 0 Å². The van der Waals surface area contributed by atoms with Crippen LogP contribution >= 0.6 is 22.7 Å². The Hall–Kier alpha value is -2.70. The van der Waals surface area contributed by atoms with Crippen LogP contribution in [-0.2, 0) is 0 Å². The Bertz CT molecular complexity index is 919. The monoisotopic (exact) mass is 350 g/mol. The minimum atomic E-state index is 0.649. The molecule has 4 aromatic rings. The van der Waals surface area contributed by atoms with Crippen LogP contribution < -0.4 is 0 Å². The van der Waals surface area contributed by atoms with Crippen molar-refractivity contribution in [2.75, 3.05) is 0 Å². The van der Waals surface area contributed by atoms with E-state index in [1.54, 1.807) is 24.3 Å². The third kappa shape index (κ3) is 2.66. The van der Waals surface area contributed by atoms with Crippen LogP contribution in [0.5, 0.6) is 0 Å². The van der Waals surface area contributed by atoms with Gasteiger partial charge in [0, 0.05) is 22.3 Å². The molecule has 0 aliphatic rings. The maximum Gasteiger partial charge on any atom is 0.155 e. The number of aldehydes is 2. The largest absolute Gasteiger partial charge is 0.298 e. The lowest BCUT2D eigenvalue weighted by Gasteiger charge is -1.97. The second kappa shape index (κ2) is 6.07. The van der Waals surface area contributed by atoms with Gasteiger partial charge in [-0.05, 0) is 0 Å². The normalized spacial score (nSPS) is 10.8. The number of hydrogen-bond acceptors (Lipinski definition) is 6. The molecule has 2 aromatic carbocycles. The zero-order valence-corrected chi connectivity index (χ0v) is 13.9. The lowest BCUT2D eigenvalue weighted by atomic mass is 10.1. The second-order valence-electron chi connectivity index (χ2n) is 5.13. The van der Waals surface area contributed by atoms with E-state index < -0.39 is 0 Å². The van der Waals surface area contributed by atoms with E-state index in [0.717, 1.165) is 43.4 Å². The van der Waals surface area contributed by atoms with Crippen molar-refractivity contribution in [1.82, 2.24) is 9.97 Å². The van der Waals surface area contributed by atoms with Crippen LogP contribution in [0.4, 0.5) is 0 Å². The Morgan fingerprint density at radius 2 is 1.00 bits per heavy atom. The van der Waals surface area contributed by atoms with E-state index in [1.807, 2.05) is 24.3 Å². The topological polar surface area (TPSA) is 59.9 Å². The molecule has 2 heterocycles.